The number of hydrogen-bond acceptors (Lipinski definition) is 7. The average Bonchev–Trinajstić information content (AvgIpc) is 2.44. The summed E-state index contributed by atoms with van der Waals surface area (Å²) in [6.07, 6.45) is 1.67. The molecule has 0 atom stereocenters. The van der Waals surface area contributed by atoms with Crippen molar-refractivity contribution in [1.29, 1.82) is 0 Å². The molecule has 0 aromatic carbocycles. The molecule has 0 saturated carbocycles. The van der Waals surface area contributed by atoms with Gasteiger partial charge in [0.25, 0.3) is 5.56 Å². The van der Waals surface area contributed by atoms with Crippen LogP contribution in [0.5, 0.6) is 0 Å². The molecule has 0 aliphatic carbocycles. The summed E-state index contributed by atoms with van der Waals surface area (Å²) in [5, 5.41) is 3.75. The van der Waals surface area contributed by atoms with Crippen LogP contribution in [0.3, 0.4) is 0 Å². The van der Waals surface area contributed by atoms with E-state index in [0.717, 1.165) is 0 Å². The van der Waals surface area contributed by atoms with Gasteiger partial charge in [0.05, 0.1) is 23.3 Å². The normalized spacial score (nSPS) is 10.4. The maximum absolute atomic E-state index is 12.0. The summed E-state index contributed by atoms with van der Waals surface area (Å²) in [5.41, 5.74) is 0.396. The number of aromatic nitrogens is 2. The third-order valence-electron chi connectivity index (χ3n) is 2.70. The van der Waals surface area contributed by atoms with Crippen LogP contribution >= 0.6 is 11.3 Å². The first-order valence-electron chi connectivity index (χ1n) is 6.41. The van der Waals surface area contributed by atoms with E-state index in [9.17, 15) is 9.59 Å². The molecule has 2 aromatic heterocycles. The van der Waals surface area contributed by atoms with Crippen LogP contribution in [-0.4, -0.2) is 29.1 Å². The molecule has 2 rings (SSSR count). The van der Waals surface area contributed by atoms with Crippen molar-refractivity contribution in [3.8, 4) is 0 Å². The molecule has 0 amide bonds. The van der Waals surface area contributed by atoms with Gasteiger partial charge in [0.1, 0.15) is 4.83 Å². The summed E-state index contributed by atoms with van der Waals surface area (Å²) >= 11 is 1.26. The highest BCUT2D eigenvalue weighted by Gasteiger charge is 2.15. The van der Waals surface area contributed by atoms with Crippen molar-refractivity contribution in [2.75, 3.05) is 18.5 Å². The number of carbonyl (C=O) groups is 1. The number of hydrogen-bond donors (Lipinski definition) is 1. The second-order valence-electron chi connectivity index (χ2n) is 4.19. The molecule has 21 heavy (non-hydrogen) atoms. The second kappa shape index (κ2) is 6.45. The van der Waals surface area contributed by atoms with Gasteiger partial charge in [-0.15, -0.1) is 6.58 Å². The zero-order chi connectivity index (χ0) is 15.4. The molecular weight excluding hydrogens is 290 g/mol. The fourth-order valence-electron chi connectivity index (χ4n) is 1.73. The van der Waals surface area contributed by atoms with Crippen LogP contribution in [0.15, 0.2) is 23.5 Å². The lowest BCUT2D eigenvalue weighted by atomic mass is 10.2. The molecule has 2 heterocycles. The van der Waals surface area contributed by atoms with Crippen LogP contribution < -0.4 is 10.9 Å². The Hall–Kier alpha value is -2.28. The number of ether oxygens (including phenoxy) is 1. The highest BCUT2D eigenvalue weighted by Crippen LogP contribution is 2.21. The van der Waals surface area contributed by atoms with Crippen molar-refractivity contribution in [2.45, 2.75) is 13.8 Å². The van der Waals surface area contributed by atoms with Crippen LogP contribution in [0.25, 0.3) is 10.2 Å². The van der Waals surface area contributed by atoms with E-state index >= 15 is 0 Å². The number of aryl methyl sites for hydroxylation is 1. The molecule has 0 aliphatic heterocycles. The smallest absolute Gasteiger partial charge is 0.339 e. The predicted octanol–water partition coefficient (Wildman–Crippen LogP) is 2.13. The van der Waals surface area contributed by atoms with Gasteiger partial charge in [-0.3, -0.25) is 4.79 Å². The van der Waals surface area contributed by atoms with Crippen LogP contribution in [0.1, 0.15) is 23.0 Å². The molecule has 110 valence electrons. The van der Waals surface area contributed by atoms with Gasteiger partial charge in [-0.1, -0.05) is 17.4 Å². The summed E-state index contributed by atoms with van der Waals surface area (Å²) in [6, 6.07) is 1.50. The van der Waals surface area contributed by atoms with Gasteiger partial charge in [0.2, 0.25) is 0 Å². The summed E-state index contributed by atoms with van der Waals surface area (Å²) in [5.74, 6) is -0.484. The van der Waals surface area contributed by atoms with Crippen LogP contribution in [0.4, 0.5) is 5.13 Å². The van der Waals surface area contributed by atoms with Gasteiger partial charge >= 0.3 is 5.97 Å². The van der Waals surface area contributed by atoms with E-state index in [1.165, 1.54) is 17.4 Å². The van der Waals surface area contributed by atoms with Crippen molar-refractivity contribution in [3.05, 3.63) is 40.3 Å². The predicted molar refractivity (Wildman–Crippen MR) is 83.1 cm³/mol. The quantitative estimate of drug-likeness (QED) is 0.673. The largest absolute Gasteiger partial charge is 0.462 e. The number of anilines is 1. The summed E-state index contributed by atoms with van der Waals surface area (Å²) in [7, 11) is 0. The highest BCUT2D eigenvalue weighted by molar-refractivity contribution is 7.21. The van der Waals surface area contributed by atoms with Crippen LogP contribution in [-0.2, 0) is 4.74 Å². The Labute approximate surface area is 125 Å². The van der Waals surface area contributed by atoms with Crippen molar-refractivity contribution in [1.82, 2.24) is 9.97 Å². The lowest BCUT2D eigenvalue weighted by Gasteiger charge is -2.07. The molecule has 0 unspecified atom stereocenters. The molecule has 1 N–H and O–H groups in total. The Bertz CT molecular complexity index is 755. The maximum Gasteiger partial charge on any atom is 0.339 e. The number of fused-ring (bicyclic) bond motifs is 1. The summed E-state index contributed by atoms with van der Waals surface area (Å²) < 4.78 is 4.95. The number of nitrogens with one attached hydrogen (secondary N) is 1. The topological polar surface area (TPSA) is 81.2 Å². The number of rotatable bonds is 5. The van der Waals surface area contributed by atoms with E-state index in [-0.39, 0.29) is 6.61 Å². The lowest BCUT2D eigenvalue weighted by molar-refractivity contribution is 0.0525. The average molecular weight is 305 g/mol. The van der Waals surface area contributed by atoms with E-state index in [4.69, 9.17) is 4.74 Å². The number of pyridine rings is 1. The molecule has 0 saturated heterocycles. The Morgan fingerprint density at radius 1 is 1.52 bits per heavy atom. The molecule has 0 aliphatic rings. The van der Waals surface area contributed by atoms with E-state index in [0.29, 0.717) is 33.2 Å². The van der Waals surface area contributed by atoms with Gasteiger partial charge in [0, 0.05) is 6.54 Å². The fourth-order valence-corrected chi connectivity index (χ4v) is 2.64. The molecule has 0 bridgehead atoms. The first kappa shape index (κ1) is 15.1. The number of esters is 1. The van der Waals surface area contributed by atoms with Crippen molar-refractivity contribution < 1.29 is 9.53 Å². The van der Waals surface area contributed by atoms with Crippen molar-refractivity contribution >= 4 is 32.7 Å². The van der Waals surface area contributed by atoms with Crippen molar-refractivity contribution in [3.63, 3.8) is 0 Å². The molecule has 0 radical (unpaired) electrons. The van der Waals surface area contributed by atoms with E-state index in [2.05, 4.69) is 21.9 Å². The molecule has 7 heteroatoms. The van der Waals surface area contributed by atoms with Gasteiger partial charge in [-0.05, 0) is 19.9 Å². The molecule has 2 aromatic rings. The lowest BCUT2D eigenvalue weighted by Crippen LogP contribution is -2.13. The Morgan fingerprint density at radius 2 is 2.29 bits per heavy atom. The fraction of sp³-hybridized carbons (Fsp3) is 0.286. The Kier molecular flexibility index (Phi) is 4.64. The molecule has 6 nitrogen and oxygen atoms in total. The van der Waals surface area contributed by atoms with E-state index < -0.39 is 11.5 Å². The number of carbonyl (C=O) groups excluding carboxylic acids is 1. The van der Waals surface area contributed by atoms with Crippen LogP contribution in [0.2, 0.25) is 0 Å². The van der Waals surface area contributed by atoms with E-state index in [1.807, 2.05) is 0 Å². The SMILES string of the molecule is C=CCNc1nc(=O)c2cc(C(=O)OCC)c(C)nc2s1. The summed E-state index contributed by atoms with van der Waals surface area (Å²) in [4.78, 5) is 32.6. The van der Waals surface area contributed by atoms with Gasteiger partial charge in [-0.2, -0.15) is 4.98 Å². The summed E-state index contributed by atoms with van der Waals surface area (Å²) in [6.45, 7) is 7.80. The highest BCUT2D eigenvalue weighted by atomic mass is 32.1. The minimum atomic E-state index is -0.484. The standard InChI is InChI=1S/C14H15N3O3S/c1-4-6-15-14-17-11(18)10-7-9(13(19)20-5-2)8(3)16-12(10)21-14/h4,7H,1,5-6H2,2-3H3,(H,15,17,18). The third-order valence-corrected chi connectivity index (χ3v) is 3.63. The van der Waals surface area contributed by atoms with Crippen LogP contribution in [0, 0.1) is 6.92 Å². The van der Waals surface area contributed by atoms with Gasteiger partial charge < -0.3 is 10.1 Å². The molecule has 0 fully saturated rings. The zero-order valence-electron chi connectivity index (χ0n) is 11.8. The minimum Gasteiger partial charge on any atom is -0.462 e. The molecular formula is C14H15N3O3S. The maximum atomic E-state index is 12.0. The van der Waals surface area contributed by atoms with Crippen molar-refractivity contribution in [2.24, 2.45) is 0 Å². The van der Waals surface area contributed by atoms with Gasteiger partial charge in [-0.25, -0.2) is 9.78 Å². The minimum absolute atomic E-state index is 0.270. The van der Waals surface area contributed by atoms with E-state index in [1.54, 1.807) is 19.9 Å². The zero-order valence-corrected chi connectivity index (χ0v) is 12.6. The third kappa shape index (κ3) is 3.25. The molecule has 0 spiro atoms. The first-order chi connectivity index (χ1) is 10.1. The first-order valence-corrected chi connectivity index (χ1v) is 7.22. The Morgan fingerprint density at radius 3 is 2.95 bits per heavy atom. The van der Waals surface area contributed by atoms with Gasteiger partial charge in [0.15, 0.2) is 5.13 Å². The second-order valence-corrected chi connectivity index (χ2v) is 5.17. The Balaban J connectivity index is 2.54. The number of nitrogens with zero attached hydrogens (tertiary/aromatic N) is 2. The monoisotopic (exact) mass is 305 g/mol.